The Morgan fingerprint density at radius 2 is 1.89 bits per heavy atom. The Morgan fingerprint density at radius 1 is 1.07 bits per heavy atom. The molecule has 0 atom stereocenters. The fraction of sp³-hybridized carbons (Fsp3) is 0.0500. The molecule has 2 aromatic carbocycles. The number of hydrogen-bond donors (Lipinski definition) is 2. The second-order valence-electron chi connectivity index (χ2n) is 5.84. The minimum atomic E-state index is -0.946. The maximum atomic E-state index is 13.7. The molecular weight excluding hydrogens is 368 g/mol. The average Bonchev–Trinajstić information content (AvgIpc) is 2.67. The number of carbonyl (C=O) groups excluding carboxylic acids is 2. The fourth-order valence-electron chi connectivity index (χ4n) is 2.41. The number of nitrogens with zero attached hydrogens (tertiary/aromatic N) is 1. The minimum absolute atomic E-state index is 0.137. The van der Waals surface area contributed by atoms with Crippen LogP contribution in [0.4, 0.5) is 14.5 Å². The lowest BCUT2D eigenvalue weighted by molar-refractivity contribution is 0.0996. The number of aromatic nitrogens is 1. The van der Waals surface area contributed by atoms with E-state index in [0.29, 0.717) is 23.1 Å². The molecule has 142 valence electrons. The molecule has 8 heteroatoms. The predicted molar refractivity (Wildman–Crippen MR) is 97.8 cm³/mol. The van der Waals surface area contributed by atoms with E-state index in [1.165, 1.54) is 18.5 Å². The molecule has 0 saturated heterocycles. The molecule has 0 aliphatic heterocycles. The van der Waals surface area contributed by atoms with E-state index in [2.05, 4.69) is 10.3 Å². The van der Waals surface area contributed by atoms with Gasteiger partial charge in [0.1, 0.15) is 24.0 Å². The summed E-state index contributed by atoms with van der Waals surface area (Å²) in [5.74, 6) is -2.66. The first-order valence-electron chi connectivity index (χ1n) is 8.15. The van der Waals surface area contributed by atoms with Crippen molar-refractivity contribution in [3.05, 3.63) is 89.2 Å². The summed E-state index contributed by atoms with van der Waals surface area (Å²) in [6.07, 6.45) is 2.77. The molecule has 0 unspecified atom stereocenters. The van der Waals surface area contributed by atoms with Crippen LogP contribution in [0, 0.1) is 11.6 Å². The molecule has 3 aromatic rings. The van der Waals surface area contributed by atoms with Crippen molar-refractivity contribution < 1.29 is 23.1 Å². The first kappa shape index (κ1) is 19.0. The maximum Gasteiger partial charge on any atom is 0.258 e. The van der Waals surface area contributed by atoms with Crippen LogP contribution in [0.25, 0.3) is 0 Å². The Morgan fingerprint density at radius 3 is 2.64 bits per heavy atom. The van der Waals surface area contributed by atoms with E-state index >= 15 is 0 Å². The Hall–Kier alpha value is -3.81. The summed E-state index contributed by atoms with van der Waals surface area (Å²) in [6.45, 7) is 0.137. The van der Waals surface area contributed by atoms with Crippen molar-refractivity contribution in [3.63, 3.8) is 0 Å². The Bertz CT molecular complexity index is 1040. The van der Waals surface area contributed by atoms with Gasteiger partial charge in [-0.15, -0.1) is 0 Å². The third kappa shape index (κ3) is 4.67. The van der Waals surface area contributed by atoms with Gasteiger partial charge >= 0.3 is 0 Å². The van der Waals surface area contributed by atoms with Gasteiger partial charge in [0.05, 0.1) is 17.3 Å². The minimum Gasteiger partial charge on any atom is -0.487 e. The molecule has 0 radical (unpaired) electrons. The van der Waals surface area contributed by atoms with E-state index in [0.717, 1.165) is 12.1 Å². The van der Waals surface area contributed by atoms with E-state index in [9.17, 15) is 18.4 Å². The summed E-state index contributed by atoms with van der Waals surface area (Å²) in [6, 6.07) is 10.9. The molecule has 6 nitrogen and oxygen atoms in total. The second kappa shape index (κ2) is 8.26. The van der Waals surface area contributed by atoms with E-state index < -0.39 is 23.4 Å². The van der Waals surface area contributed by atoms with Gasteiger partial charge in [0.15, 0.2) is 0 Å². The number of anilines is 1. The number of nitrogens with two attached hydrogens (primary N) is 1. The van der Waals surface area contributed by atoms with Crippen LogP contribution in [0.3, 0.4) is 0 Å². The molecule has 3 rings (SSSR count). The number of pyridine rings is 1. The monoisotopic (exact) mass is 383 g/mol. The average molecular weight is 383 g/mol. The van der Waals surface area contributed by atoms with E-state index in [1.807, 2.05) is 0 Å². The van der Waals surface area contributed by atoms with Gasteiger partial charge in [-0.05, 0) is 35.9 Å². The highest BCUT2D eigenvalue weighted by Gasteiger charge is 2.13. The van der Waals surface area contributed by atoms with Crippen LogP contribution < -0.4 is 15.8 Å². The summed E-state index contributed by atoms with van der Waals surface area (Å²) in [7, 11) is 0. The van der Waals surface area contributed by atoms with Gasteiger partial charge < -0.3 is 15.8 Å². The van der Waals surface area contributed by atoms with Gasteiger partial charge in [-0.3, -0.25) is 14.6 Å². The highest BCUT2D eigenvalue weighted by molar-refractivity contribution is 6.04. The topological polar surface area (TPSA) is 94.3 Å². The summed E-state index contributed by atoms with van der Waals surface area (Å²) >= 11 is 0. The van der Waals surface area contributed by atoms with Crippen LogP contribution in [0.15, 0.2) is 60.9 Å². The number of benzene rings is 2. The highest BCUT2D eigenvalue weighted by Crippen LogP contribution is 2.17. The maximum absolute atomic E-state index is 13.7. The Kier molecular flexibility index (Phi) is 5.59. The summed E-state index contributed by atoms with van der Waals surface area (Å²) in [5.41, 5.74) is 6.28. The quantitative estimate of drug-likeness (QED) is 0.683. The highest BCUT2D eigenvalue weighted by atomic mass is 19.1. The molecule has 2 amide bonds. The van der Waals surface area contributed by atoms with Crippen molar-refractivity contribution in [2.24, 2.45) is 5.73 Å². The smallest absolute Gasteiger partial charge is 0.258 e. The number of carbonyl (C=O) groups is 2. The molecular formula is C20H15F2N3O3. The van der Waals surface area contributed by atoms with Gasteiger partial charge in [0, 0.05) is 18.0 Å². The third-order valence-corrected chi connectivity index (χ3v) is 3.76. The number of primary amides is 1. The van der Waals surface area contributed by atoms with Gasteiger partial charge in [-0.1, -0.05) is 12.1 Å². The normalized spacial score (nSPS) is 10.4. The lowest BCUT2D eigenvalue weighted by Gasteiger charge is -2.10. The molecule has 28 heavy (non-hydrogen) atoms. The number of hydrogen-bond acceptors (Lipinski definition) is 4. The van der Waals surface area contributed by atoms with E-state index in [-0.39, 0.29) is 17.7 Å². The molecule has 0 aliphatic carbocycles. The largest absolute Gasteiger partial charge is 0.487 e. The van der Waals surface area contributed by atoms with Crippen molar-refractivity contribution in [2.45, 2.75) is 6.61 Å². The summed E-state index contributed by atoms with van der Waals surface area (Å²) in [5, 5.41) is 2.55. The fourth-order valence-corrected chi connectivity index (χ4v) is 2.41. The van der Waals surface area contributed by atoms with Crippen LogP contribution in [0.2, 0.25) is 0 Å². The van der Waals surface area contributed by atoms with Crippen LogP contribution in [0.1, 0.15) is 26.3 Å². The van der Waals surface area contributed by atoms with Crippen LogP contribution in [0.5, 0.6) is 5.75 Å². The van der Waals surface area contributed by atoms with Crippen LogP contribution in [-0.4, -0.2) is 16.8 Å². The standard InChI is InChI=1S/C20H15F2N3O3/c21-14-4-5-17(18(22)8-14)20(27)25-15-3-1-2-12(6-15)11-28-16-7-13(19(23)26)9-24-10-16/h1-10H,11H2,(H2,23,26)(H,25,27). The van der Waals surface area contributed by atoms with Gasteiger partial charge in [0.25, 0.3) is 5.91 Å². The number of halogens is 2. The van der Waals surface area contributed by atoms with Crippen molar-refractivity contribution in [2.75, 3.05) is 5.32 Å². The summed E-state index contributed by atoms with van der Waals surface area (Å²) in [4.78, 5) is 27.2. The van der Waals surface area contributed by atoms with Gasteiger partial charge in [-0.2, -0.15) is 0 Å². The first-order chi connectivity index (χ1) is 13.4. The van der Waals surface area contributed by atoms with Crippen molar-refractivity contribution >= 4 is 17.5 Å². The third-order valence-electron chi connectivity index (χ3n) is 3.76. The second-order valence-corrected chi connectivity index (χ2v) is 5.84. The van der Waals surface area contributed by atoms with Gasteiger partial charge in [-0.25, -0.2) is 8.78 Å². The zero-order valence-electron chi connectivity index (χ0n) is 14.5. The molecule has 0 aliphatic rings. The van der Waals surface area contributed by atoms with E-state index in [1.54, 1.807) is 24.3 Å². The van der Waals surface area contributed by atoms with Crippen molar-refractivity contribution in [1.29, 1.82) is 0 Å². The molecule has 0 saturated carbocycles. The number of nitrogens with one attached hydrogen (secondary N) is 1. The molecule has 3 N–H and O–H groups in total. The van der Waals surface area contributed by atoms with Crippen LogP contribution >= 0.6 is 0 Å². The molecule has 1 aromatic heterocycles. The molecule has 0 bridgehead atoms. The van der Waals surface area contributed by atoms with Gasteiger partial charge in [0.2, 0.25) is 5.91 Å². The summed E-state index contributed by atoms with van der Waals surface area (Å²) < 4.78 is 32.3. The Labute approximate surface area is 159 Å². The number of ether oxygens (including phenoxy) is 1. The molecule has 0 spiro atoms. The molecule has 0 fully saturated rings. The first-order valence-corrected chi connectivity index (χ1v) is 8.15. The zero-order chi connectivity index (χ0) is 20.1. The van der Waals surface area contributed by atoms with Crippen LogP contribution in [-0.2, 0) is 6.61 Å². The Balaban J connectivity index is 1.68. The molecule has 1 heterocycles. The lowest BCUT2D eigenvalue weighted by atomic mass is 10.1. The van der Waals surface area contributed by atoms with Crippen molar-refractivity contribution in [3.8, 4) is 5.75 Å². The van der Waals surface area contributed by atoms with Crippen molar-refractivity contribution in [1.82, 2.24) is 4.98 Å². The lowest BCUT2D eigenvalue weighted by Crippen LogP contribution is -2.14. The number of rotatable bonds is 6. The predicted octanol–water partition coefficient (Wildman–Crippen LogP) is 3.29. The SMILES string of the molecule is NC(=O)c1cncc(OCc2cccc(NC(=O)c3ccc(F)cc3F)c2)c1. The number of amides is 2. The zero-order valence-corrected chi connectivity index (χ0v) is 14.5. The van der Waals surface area contributed by atoms with E-state index in [4.69, 9.17) is 10.5 Å².